The Balaban J connectivity index is 1.74. The number of anilines is 1. The molecule has 0 unspecified atom stereocenters. The number of nitrogens with zero attached hydrogens (tertiary/aromatic N) is 2. The number of aromatic nitrogens is 2. The minimum atomic E-state index is -4.39. The van der Waals surface area contributed by atoms with Crippen molar-refractivity contribution in [3.8, 4) is 28.5 Å². The Kier molecular flexibility index (Phi) is 7.88. The monoisotopic (exact) mass is 553 g/mol. The lowest BCUT2D eigenvalue weighted by Gasteiger charge is -2.14. The van der Waals surface area contributed by atoms with Gasteiger partial charge in [0, 0.05) is 24.2 Å². The number of benzene rings is 2. The molecule has 0 radical (unpaired) electrons. The molecule has 2 heterocycles. The molecule has 2 aromatic heterocycles. The molecule has 4 rings (SSSR count). The Bertz CT molecular complexity index is 1500. The van der Waals surface area contributed by atoms with Gasteiger partial charge in [-0.3, -0.25) is 4.40 Å². The van der Waals surface area contributed by atoms with Gasteiger partial charge in [0.15, 0.2) is 17.2 Å². The lowest BCUT2D eigenvalue weighted by atomic mass is 10.0. The van der Waals surface area contributed by atoms with Gasteiger partial charge >= 0.3 is 18.8 Å². The molecule has 0 atom stereocenters. The molecule has 39 heavy (non-hydrogen) atoms. The number of carbonyl (C=O) groups is 1. The summed E-state index contributed by atoms with van der Waals surface area (Å²) in [6.07, 6.45) is -2.52. The number of nitrogens with one attached hydrogen (secondary N) is 1. The van der Waals surface area contributed by atoms with Crippen LogP contribution in [-0.2, 0) is 4.74 Å². The lowest BCUT2D eigenvalue weighted by Crippen LogP contribution is -2.15. The van der Waals surface area contributed by atoms with E-state index in [4.69, 9.17) is 9.47 Å². The van der Waals surface area contributed by atoms with E-state index in [0.29, 0.717) is 22.4 Å². The quantitative estimate of drug-likeness (QED) is 0.178. The molecular formula is C26H21F6N3O4. The van der Waals surface area contributed by atoms with Crippen molar-refractivity contribution in [1.29, 1.82) is 0 Å². The lowest BCUT2D eigenvalue weighted by molar-refractivity contribution is -0.131. The number of rotatable bonds is 9. The number of hydrogen-bond donors (Lipinski definition) is 1. The summed E-state index contributed by atoms with van der Waals surface area (Å²) < 4.78 is 93.5. The third-order valence-corrected chi connectivity index (χ3v) is 5.59. The summed E-state index contributed by atoms with van der Waals surface area (Å²) >= 11 is 0. The van der Waals surface area contributed by atoms with E-state index in [0.717, 1.165) is 12.1 Å². The van der Waals surface area contributed by atoms with Crippen LogP contribution in [0.15, 0.2) is 54.9 Å². The molecule has 2 aromatic carbocycles. The van der Waals surface area contributed by atoms with Crippen LogP contribution in [0.2, 0.25) is 0 Å². The number of aryl methyl sites for hydroxylation is 1. The number of fused-ring (bicyclic) bond motifs is 1. The summed E-state index contributed by atoms with van der Waals surface area (Å²) in [7, 11) is 1.26. The van der Waals surface area contributed by atoms with Gasteiger partial charge in [0.25, 0.3) is 0 Å². The van der Waals surface area contributed by atoms with E-state index in [1.54, 1.807) is 29.5 Å². The maximum absolute atomic E-state index is 14.2. The number of carbonyl (C=O) groups excluding carboxylic acids is 1. The minimum absolute atomic E-state index is 0.0744. The SMILES string of the molecule is COC(=O)c1ccc(-c2cnc3c(NCCC(F)(F)F)cc(Oc4ccc(OC(F)F)c(F)c4)cn23)cc1C. The second kappa shape index (κ2) is 11.1. The van der Waals surface area contributed by atoms with E-state index < -0.39 is 43.3 Å². The maximum Gasteiger partial charge on any atom is 0.390 e. The van der Waals surface area contributed by atoms with Gasteiger partial charge in [0.05, 0.1) is 42.9 Å². The van der Waals surface area contributed by atoms with Crippen molar-refractivity contribution in [2.45, 2.75) is 26.1 Å². The van der Waals surface area contributed by atoms with E-state index in [2.05, 4.69) is 15.0 Å². The molecule has 0 aliphatic rings. The first-order valence-electron chi connectivity index (χ1n) is 11.4. The molecule has 13 heteroatoms. The molecule has 0 aliphatic carbocycles. The minimum Gasteiger partial charge on any atom is -0.465 e. The molecule has 0 bridgehead atoms. The van der Waals surface area contributed by atoms with Crippen molar-refractivity contribution in [3.05, 3.63) is 71.8 Å². The highest BCUT2D eigenvalue weighted by molar-refractivity contribution is 5.91. The Morgan fingerprint density at radius 2 is 1.87 bits per heavy atom. The summed E-state index contributed by atoms with van der Waals surface area (Å²) in [4.78, 5) is 16.3. The fourth-order valence-corrected chi connectivity index (χ4v) is 3.84. The van der Waals surface area contributed by atoms with Crippen LogP contribution in [0.4, 0.5) is 32.0 Å². The molecule has 0 spiro atoms. The van der Waals surface area contributed by atoms with E-state index in [1.165, 1.54) is 31.6 Å². The molecule has 7 nitrogen and oxygen atoms in total. The van der Waals surface area contributed by atoms with Crippen LogP contribution in [0.1, 0.15) is 22.3 Å². The fraction of sp³-hybridized carbons (Fsp3) is 0.231. The van der Waals surface area contributed by atoms with Crippen molar-refractivity contribution in [3.63, 3.8) is 0 Å². The van der Waals surface area contributed by atoms with Crippen molar-refractivity contribution in [1.82, 2.24) is 9.38 Å². The number of esters is 1. The molecule has 4 aromatic rings. The molecule has 0 fully saturated rings. The van der Waals surface area contributed by atoms with Gasteiger partial charge in [-0.25, -0.2) is 14.2 Å². The zero-order chi connectivity index (χ0) is 28.3. The van der Waals surface area contributed by atoms with Crippen LogP contribution in [-0.4, -0.2) is 41.8 Å². The highest BCUT2D eigenvalue weighted by Gasteiger charge is 2.26. The Labute approximate surface area is 217 Å². The van der Waals surface area contributed by atoms with E-state index in [9.17, 15) is 31.1 Å². The van der Waals surface area contributed by atoms with Crippen LogP contribution in [0.3, 0.4) is 0 Å². The second-order valence-corrected chi connectivity index (χ2v) is 8.31. The molecule has 0 aliphatic heterocycles. The first-order chi connectivity index (χ1) is 18.4. The normalized spacial score (nSPS) is 11.6. The zero-order valence-corrected chi connectivity index (χ0v) is 20.5. The van der Waals surface area contributed by atoms with Crippen LogP contribution in [0.25, 0.3) is 16.9 Å². The van der Waals surface area contributed by atoms with Crippen molar-refractivity contribution >= 4 is 17.3 Å². The van der Waals surface area contributed by atoms with Crippen LogP contribution in [0, 0.1) is 12.7 Å². The first-order valence-corrected chi connectivity index (χ1v) is 11.4. The standard InChI is InChI=1S/C26H21F6N3O4/c1-14-9-15(3-5-18(14)24(36)37-2)21-12-34-23-20(33-8-7-26(30,31)32)11-17(13-35(21)23)38-16-4-6-22(19(27)10-16)39-25(28)29/h3-6,9-13,25,33H,7-8H2,1-2H3. The number of pyridine rings is 1. The molecule has 0 saturated carbocycles. The van der Waals surface area contributed by atoms with E-state index >= 15 is 0 Å². The molecular weight excluding hydrogens is 532 g/mol. The summed E-state index contributed by atoms with van der Waals surface area (Å²) in [6, 6.07) is 9.33. The Morgan fingerprint density at radius 3 is 2.51 bits per heavy atom. The average Bonchev–Trinajstić information content (AvgIpc) is 3.28. The number of ether oxygens (including phenoxy) is 3. The van der Waals surface area contributed by atoms with Crippen LogP contribution >= 0.6 is 0 Å². The maximum atomic E-state index is 14.2. The smallest absolute Gasteiger partial charge is 0.390 e. The third-order valence-electron chi connectivity index (χ3n) is 5.59. The van der Waals surface area contributed by atoms with E-state index in [-0.39, 0.29) is 22.8 Å². The predicted octanol–water partition coefficient (Wildman–Crippen LogP) is 6.99. The summed E-state index contributed by atoms with van der Waals surface area (Å²) in [5.74, 6) is -2.27. The van der Waals surface area contributed by atoms with Gasteiger partial charge in [-0.1, -0.05) is 6.07 Å². The van der Waals surface area contributed by atoms with Gasteiger partial charge in [-0.2, -0.15) is 22.0 Å². The second-order valence-electron chi connectivity index (χ2n) is 8.31. The highest BCUT2D eigenvalue weighted by Crippen LogP contribution is 2.33. The van der Waals surface area contributed by atoms with Gasteiger partial charge in [-0.05, 0) is 36.8 Å². The number of halogens is 6. The summed E-state index contributed by atoms with van der Waals surface area (Å²) in [5, 5.41) is 2.70. The largest absolute Gasteiger partial charge is 0.465 e. The van der Waals surface area contributed by atoms with Crippen molar-refractivity contribution in [2.75, 3.05) is 19.0 Å². The number of hydrogen-bond acceptors (Lipinski definition) is 6. The van der Waals surface area contributed by atoms with Crippen molar-refractivity contribution < 1.29 is 45.3 Å². The fourth-order valence-electron chi connectivity index (χ4n) is 3.84. The Morgan fingerprint density at radius 1 is 1.10 bits per heavy atom. The van der Waals surface area contributed by atoms with Gasteiger partial charge < -0.3 is 19.5 Å². The first kappa shape index (κ1) is 27.6. The van der Waals surface area contributed by atoms with Gasteiger partial charge in [0.2, 0.25) is 0 Å². The zero-order valence-electron chi connectivity index (χ0n) is 20.5. The molecule has 1 N–H and O–H groups in total. The summed E-state index contributed by atoms with van der Waals surface area (Å²) in [6.45, 7) is -1.96. The van der Waals surface area contributed by atoms with E-state index in [1.807, 2.05) is 0 Å². The van der Waals surface area contributed by atoms with Crippen LogP contribution < -0.4 is 14.8 Å². The third kappa shape index (κ3) is 6.54. The predicted molar refractivity (Wildman–Crippen MR) is 129 cm³/mol. The average molecular weight is 553 g/mol. The highest BCUT2D eigenvalue weighted by atomic mass is 19.4. The van der Waals surface area contributed by atoms with Gasteiger partial charge in [-0.15, -0.1) is 0 Å². The number of methoxy groups -OCH3 is 1. The van der Waals surface area contributed by atoms with Gasteiger partial charge in [0.1, 0.15) is 11.5 Å². The van der Waals surface area contributed by atoms with Crippen LogP contribution in [0.5, 0.6) is 17.2 Å². The molecule has 206 valence electrons. The molecule has 0 saturated heterocycles. The topological polar surface area (TPSA) is 74.1 Å². The number of imidazole rings is 1. The molecule has 0 amide bonds. The van der Waals surface area contributed by atoms with Crippen molar-refractivity contribution in [2.24, 2.45) is 0 Å². The summed E-state index contributed by atoms with van der Waals surface area (Å²) in [5.41, 5.74) is 2.60. The Hall–Kier alpha value is -4.42. The number of alkyl halides is 5.